The predicted molar refractivity (Wildman–Crippen MR) is 113 cm³/mol. The van der Waals surface area contributed by atoms with Crippen LogP contribution in [0.5, 0.6) is 0 Å². The number of imidazole rings is 1. The molecule has 0 fully saturated rings. The van der Waals surface area contributed by atoms with Crippen LogP contribution in [-0.2, 0) is 20.1 Å². The van der Waals surface area contributed by atoms with Crippen molar-refractivity contribution in [1.29, 1.82) is 0 Å². The monoisotopic (exact) mass is 371 g/mol. The summed E-state index contributed by atoms with van der Waals surface area (Å²) < 4.78 is 5.43. The highest BCUT2D eigenvalue weighted by atomic mass is 16.3. The van der Waals surface area contributed by atoms with Crippen LogP contribution in [0.25, 0.3) is 32.8 Å². The average molecular weight is 371 g/mol. The Morgan fingerprint density at radius 2 is 1.18 bits per heavy atom. The molecule has 0 saturated carbocycles. The topological polar surface area (TPSA) is 52.1 Å². The van der Waals surface area contributed by atoms with Gasteiger partial charge in [-0.15, -0.1) is 0 Å². The highest BCUT2D eigenvalue weighted by Gasteiger charge is 2.17. The highest BCUT2D eigenvalue weighted by molar-refractivity contribution is 6.07. The van der Waals surface area contributed by atoms with Crippen LogP contribution >= 0.6 is 0 Å². The van der Waals surface area contributed by atoms with Gasteiger partial charge in [0.15, 0.2) is 0 Å². The molecule has 0 aliphatic heterocycles. The molecular weight excluding hydrogens is 350 g/mol. The average Bonchev–Trinajstić information content (AvgIpc) is 3.17. The van der Waals surface area contributed by atoms with Gasteiger partial charge in [0.25, 0.3) is 0 Å². The molecule has 0 unspecified atom stereocenters. The Hall–Kier alpha value is -3.31. The van der Waals surface area contributed by atoms with Gasteiger partial charge in [-0.25, -0.2) is 4.79 Å². The summed E-state index contributed by atoms with van der Waals surface area (Å²) in [5.74, 6) is 0. The molecule has 5 heteroatoms. The van der Waals surface area contributed by atoms with E-state index in [9.17, 15) is 9.90 Å². The Bertz CT molecular complexity index is 1320. The minimum atomic E-state index is -0.692. The maximum Gasteiger partial charge on any atom is 0.328 e. The largest absolute Gasteiger partial charge is 0.389 e. The Labute approximate surface area is 161 Å². The summed E-state index contributed by atoms with van der Waals surface area (Å²) in [6.07, 6.45) is -0.692. The van der Waals surface area contributed by atoms with Gasteiger partial charge in [-0.2, -0.15) is 0 Å². The van der Waals surface area contributed by atoms with Crippen molar-refractivity contribution in [3.63, 3.8) is 0 Å². The second kappa shape index (κ2) is 6.39. The fourth-order valence-electron chi connectivity index (χ4n) is 4.22. The lowest BCUT2D eigenvalue weighted by molar-refractivity contribution is 0.137. The van der Waals surface area contributed by atoms with E-state index >= 15 is 0 Å². The van der Waals surface area contributed by atoms with E-state index in [-0.39, 0.29) is 12.2 Å². The van der Waals surface area contributed by atoms with Gasteiger partial charge in [0.05, 0.1) is 30.2 Å². The molecule has 0 amide bonds. The third kappa shape index (κ3) is 2.47. The number of para-hydroxylation sites is 4. The maximum atomic E-state index is 12.7. The van der Waals surface area contributed by atoms with E-state index in [1.54, 1.807) is 16.2 Å². The van der Waals surface area contributed by atoms with Gasteiger partial charge in [0.2, 0.25) is 0 Å². The second-order valence-electron chi connectivity index (χ2n) is 7.24. The summed E-state index contributed by atoms with van der Waals surface area (Å²) in [5, 5.41) is 13.2. The Morgan fingerprint density at radius 3 is 1.79 bits per heavy atom. The van der Waals surface area contributed by atoms with Crippen LogP contribution in [0, 0.1) is 0 Å². The number of hydrogen-bond donors (Lipinski definition) is 1. The minimum Gasteiger partial charge on any atom is -0.389 e. The van der Waals surface area contributed by atoms with E-state index in [0.717, 1.165) is 22.1 Å². The van der Waals surface area contributed by atoms with Gasteiger partial charge >= 0.3 is 5.69 Å². The fourth-order valence-corrected chi connectivity index (χ4v) is 4.22. The Kier molecular flexibility index (Phi) is 3.84. The van der Waals surface area contributed by atoms with E-state index in [0.29, 0.717) is 6.54 Å². The second-order valence-corrected chi connectivity index (χ2v) is 7.24. The lowest BCUT2D eigenvalue weighted by Crippen LogP contribution is -2.29. The van der Waals surface area contributed by atoms with Crippen molar-refractivity contribution >= 4 is 32.8 Å². The third-order valence-electron chi connectivity index (χ3n) is 5.52. The predicted octanol–water partition coefficient (Wildman–Crippen LogP) is 3.51. The summed E-state index contributed by atoms with van der Waals surface area (Å²) in [5.41, 5.74) is 3.79. The first kappa shape index (κ1) is 16.8. The molecule has 2 heterocycles. The Morgan fingerprint density at radius 1 is 0.714 bits per heavy atom. The summed E-state index contributed by atoms with van der Waals surface area (Å²) in [6, 6.07) is 24.1. The lowest BCUT2D eigenvalue weighted by Gasteiger charge is -2.15. The number of hydrogen-bond acceptors (Lipinski definition) is 2. The molecule has 1 atom stereocenters. The van der Waals surface area contributed by atoms with Crippen LogP contribution in [0.3, 0.4) is 0 Å². The zero-order valence-corrected chi connectivity index (χ0v) is 15.6. The number of benzene rings is 3. The molecule has 3 aromatic carbocycles. The molecule has 140 valence electrons. The van der Waals surface area contributed by atoms with Crippen LogP contribution in [0.4, 0.5) is 0 Å². The van der Waals surface area contributed by atoms with Crippen LogP contribution in [0.1, 0.15) is 0 Å². The van der Waals surface area contributed by atoms with E-state index < -0.39 is 6.10 Å². The number of rotatable bonds is 4. The van der Waals surface area contributed by atoms with Crippen molar-refractivity contribution in [3.05, 3.63) is 83.3 Å². The highest BCUT2D eigenvalue weighted by Crippen LogP contribution is 2.29. The van der Waals surface area contributed by atoms with Crippen LogP contribution in [0.15, 0.2) is 77.6 Å². The molecule has 0 saturated heterocycles. The van der Waals surface area contributed by atoms with Crippen molar-refractivity contribution < 1.29 is 5.11 Å². The van der Waals surface area contributed by atoms with Gasteiger partial charge in [-0.05, 0) is 24.3 Å². The van der Waals surface area contributed by atoms with Gasteiger partial charge in [-0.3, -0.25) is 9.13 Å². The number of aromatic nitrogens is 3. The first-order chi connectivity index (χ1) is 13.6. The Balaban J connectivity index is 1.56. The number of aryl methyl sites for hydroxylation is 1. The number of aliphatic hydroxyl groups is 1. The standard InChI is InChI=1S/C23H21N3O2/c1-24-21-12-6-7-13-22(21)26(23(24)28)15-16(27)14-25-19-10-4-2-8-17(19)18-9-3-5-11-20(18)25/h2-13,16,27H,14-15H2,1H3/t16-/m1/s1. The SMILES string of the molecule is Cn1c(=O)n(C[C@H](O)Cn2c3ccccc3c3ccccc32)c2ccccc21. The summed E-state index contributed by atoms with van der Waals surface area (Å²) in [4.78, 5) is 12.7. The first-order valence-corrected chi connectivity index (χ1v) is 9.43. The fraction of sp³-hybridized carbons (Fsp3) is 0.174. The van der Waals surface area contributed by atoms with Crippen molar-refractivity contribution in [2.24, 2.45) is 7.05 Å². The summed E-state index contributed by atoms with van der Waals surface area (Å²) >= 11 is 0. The first-order valence-electron chi connectivity index (χ1n) is 9.43. The molecule has 1 N–H and O–H groups in total. The summed E-state index contributed by atoms with van der Waals surface area (Å²) in [7, 11) is 1.76. The van der Waals surface area contributed by atoms with Crippen LogP contribution in [-0.4, -0.2) is 24.9 Å². The smallest absolute Gasteiger partial charge is 0.328 e. The molecule has 5 rings (SSSR count). The quantitative estimate of drug-likeness (QED) is 0.526. The molecule has 0 aliphatic carbocycles. The zero-order chi connectivity index (χ0) is 19.3. The molecule has 2 aromatic heterocycles. The molecular formula is C23H21N3O2. The van der Waals surface area contributed by atoms with Crippen LogP contribution in [0.2, 0.25) is 0 Å². The van der Waals surface area contributed by atoms with Gasteiger partial charge in [-0.1, -0.05) is 48.5 Å². The van der Waals surface area contributed by atoms with E-state index in [2.05, 4.69) is 28.8 Å². The number of fused-ring (bicyclic) bond motifs is 4. The van der Waals surface area contributed by atoms with E-state index in [1.165, 1.54) is 10.8 Å². The number of nitrogens with zero attached hydrogens (tertiary/aromatic N) is 3. The van der Waals surface area contributed by atoms with Crippen LogP contribution < -0.4 is 5.69 Å². The number of aliphatic hydroxyl groups excluding tert-OH is 1. The van der Waals surface area contributed by atoms with Gasteiger partial charge < -0.3 is 9.67 Å². The lowest BCUT2D eigenvalue weighted by atomic mass is 10.2. The molecule has 0 spiro atoms. The van der Waals surface area contributed by atoms with Crippen molar-refractivity contribution in [2.75, 3.05) is 0 Å². The van der Waals surface area contributed by atoms with E-state index in [1.807, 2.05) is 48.5 Å². The van der Waals surface area contributed by atoms with Gasteiger partial charge in [0.1, 0.15) is 0 Å². The normalized spacial score (nSPS) is 12.9. The van der Waals surface area contributed by atoms with Gasteiger partial charge in [0, 0.05) is 28.9 Å². The molecule has 28 heavy (non-hydrogen) atoms. The molecule has 0 bridgehead atoms. The molecule has 5 aromatic rings. The summed E-state index contributed by atoms with van der Waals surface area (Å²) in [6.45, 7) is 0.671. The maximum absolute atomic E-state index is 12.7. The van der Waals surface area contributed by atoms with Crippen molar-refractivity contribution in [1.82, 2.24) is 13.7 Å². The third-order valence-corrected chi connectivity index (χ3v) is 5.52. The molecule has 0 aliphatic rings. The molecule has 0 radical (unpaired) electrons. The zero-order valence-electron chi connectivity index (χ0n) is 15.6. The van der Waals surface area contributed by atoms with Crippen molar-refractivity contribution in [2.45, 2.75) is 19.2 Å². The van der Waals surface area contributed by atoms with E-state index in [4.69, 9.17) is 0 Å². The minimum absolute atomic E-state index is 0.109. The molecule has 5 nitrogen and oxygen atoms in total. The van der Waals surface area contributed by atoms with Crippen molar-refractivity contribution in [3.8, 4) is 0 Å².